The molecular formula is C33H37Br2NO5S. The molecule has 4 rings (SSSR count). The molecule has 2 aliphatic heterocycles. The number of halogens is 2. The van der Waals surface area contributed by atoms with E-state index >= 15 is 0 Å². The number of nitrogens with zero attached hydrogens (tertiary/aromatic N) is 1. The molecule has 0 bridgehead atoms. The van der Waals surface area contributed by atoms with Crippen LogP contribution in [0.5, 0.6) is 0 Å². The van der Waals surface area contributed by atoms with Gasteiger partial charge < -0.3 is 4.74 Å². The second-order valence-corrected chi connectivity index (χ2v) is 13.1. The van der Waals surface area contributed by atoms with Crippen LogP contribution in [0.4, 0.5) is 0 Å². The second kappa shape index (κ2) is 15.2. The summed E-state index contributed by atoms with van der Waals surface area (Å²) >= 11 is 7.86. The third-order valence-electron chi connectivity index (χ3n) is 6.91. The second-order valence-electron chi connectivity index (χ2n) is 9.77. The van der Waals surface area contributed by atoms with Crippen LogP contribution in [0.1, 0.15) is 79.3 Å². The molecule has 42 heavy (non-hydrogen) atoms. The van der Waals surface area contributed by atoms with E-state index < -0.39 is 46.9 Å². The Morgan fingerprint density at radius 1 is 1.17 bits per heavy atom. The van der Waals surface area contributed by atoms with E-state index in [1.807, 2.05) is 39.8 Å². The number of ether oxygens (including phenoxy) is 1. The third-order valence-corrected chi connectivity index (χ3v) is 9.78. The quantitative estimate of drug-likeness (QED) is 0.128. The molecule has 1 aromatic rings. The monoisotopic (exact) mass is 717 g/mol. The summed E-state index contributed by atoms with van der Waals surface area (Å²) in [6, 6.07) is 1.64. The van der Waals surface area contributed by atoms with Gasteiger partial charge in [-0.3, -0.25) is 19.2 Å². The number of imide groups is 1. The van der Waals surface area contributed by atoms with Crippen molar-refractivity contribution in [3.8, 4) is 12.3 Å². The fourth-order valence-electron chi connectivity index (χ4n) is 5.14. The maximum Gasteiger partial charge on any atom is 0.242 e. The Morgan fingerprint density at radius 3 is 2.33 bits per heavy atom. The van der Waals surface area contributed by atoms with Crippen molar-refractivity contribution in [3.63, 3.8) is 0 Å². The van der Waals surface area contributed by atoms with Gasteiger partial charge in [-0.2, -0.15) is 0 Å². The minimum atomic E-state index is -1.98. The molecule has 0 aromatic carbocycles. The number of aryl methyl sites for hydroxylation is 1. The van der Waals surface area contributed by atoms with Crippen LogP contribution in [0.25, 0.3) is 0 Å². The van der Waals surface area contributed by atoms with Gasteiger partial charge in [-0.25, -0.2) is 4.90 Å². The number of hydrogen-bond acceptors (Lipinski definition) is 6. The van der Waals surface area contributed by atoms with Crippen molar-refractivity contribution in [1.29, 1.82) is 0 Å². The summed E-state index contributed by atoms with van der Waals surface area (Å²) in [6.45, 7) is 16.9. The highest BCUT2D eigenvalue weighted by atomic mass is 79.9. The first-order chi connectivity index (χ1) is 19.9. The van der Waals surface area contributed by atoms with Crippen molar-refractivity contribution in [2.75, 3.05) is 0 Å². The molecule has 0 N–H and O–H groups in total. The fourth-order valence-corrected chi connectivity index (χ4v) is 6.42. The first-order valence-corrected chi connectivity index (χ1v) is 16.2. The van der Waals surface area contributed by atoms with Crippen LogP contribution in [0, 0.1) is 31.1 Å². The lowest BCUT2D eigenvalue weighted by atomic mass is 9.78. The third kappa shape index (κ3) is 6.62. The zero-order valence-corrected chi connectivity index (χ0v) is 29.0. The van der Waals surface area contributed by atoms with Crippen molar-refractivity contribution < 1.29 is 23.9 Å². The number of carbonyl (C=O) groups is 4. The van der Waals surface area contributed by atoms with Crippen molar-refractivity contribution >= 4 is 66.6 Å². The van der Waals surface area contributed by atoms with Crippen LogP contribution in [-0.4, -0.2) is 40.0 Å². The SMILES string of the molecule is C#C/C(=C\C=C(/C)CCC)N1C(=O)C2C(C)OC3(C(=O)c4cc(C)sc4C3=O)C2C1=O.C=C/C=C\C(Br)=C(/C)Br.CC. The number of fused-ring (bicyclic) bond motifs is 3. The van der Waals surface area contributed by atoms with Gasteiger partial charge in [0, 0.05) is 19.4 Å². The van der Waals surface area contributed by atoms with Crippen LogP contribution >= 0.6 is 43.2 Å². The molecule has 9 heteroatoms. The van der Waals surface area contributed by atoms with E-state index in [9.17, 15) is 19.2 Å². The molecule has 3 aliphatic rings. The highest BCUT2D eigenvalue weighted by Gasteiger charge is 2.74. The number of rotatable bonds is 6. The zero-order valence-electron chi connectivity index (χ0n) is 25.0. The fraction of sp³-hybridized carbons (Fsp3) is 0.394. The average Bonchev–Trinajstić information content (AvgIpc) is 3.63. The molecule has 4 atom stereocenters. The van der Waals surface area contributed by atoms with Crippen molar-refractivity contribution in [3.05, 3.63) is 78.6 Å². The lowest BCUT2D eigenvalue weighted by molar-refractivity contribution is -0.141. The normalized spacial score (nSPS) is 25.5. The minimum absolute atomic E-state index is 0.103. The number of likely N-dealkylation sites (tertiary alicyclic amines) is 1. The highest BCUT2D eigenvalue weighted by Crippen LogP contribution is 2.54. The van der Waals surface area contributed by atoms with Gasteiger partial charge >= 0.3 is 0 Å². The van der Waals surface area contributed by atoms with E-state index in [1.54, 1.807) is 38.1 Å². The number of amides is 2. The molecule has 3 heterocycles. The summed E-state index contributed by atoms with van der Waals surface area (Å²) in [5.74, 6) is -1.98. The van der Waals surface area contributed by atoms with Gasteiger partial charge in [-0.15, -0.1) is 17.8 Å². The van der Waals surface area contributed by atoms with E-state index in [0.717, 1.165) is 37.2 Å². The average molecular weight is 720 g/mol. The van der Waals surface area contributed by atoms with E-state index in [-0.39, 0.29) is 11.3 Å². The number of Topliss-reactive ketones (excluding diaryl/α,β-unsaturated/α-hetero) is 2. The molecule has 0 radical (unpaired) electrons. The smallest absolute Gasteiger partial charge is 0.242 e. The number of ketones is 2. The van der Waals surface area contributed by atoms with E-state index in [4.69, 9.17) is 11.2 Å². The number of terminal acetylenes is 1. The summed E-state index contributed by atoms with van der Waals surface area (Å²) in [7, 11) is 0. The van der Waals surface area contributed by atoms with Crippen molar-refractivity contribution in [1.82, 2.24) is 4.90 Å². The van der Waals surface area contributed by atoms with E-state index in [2.05, 4.69) is 51.3 Å². The molecule has 1 spiro atoms. The molecule has 2 amide bonds. The summed E-state index contributed by atoms with van der Waals surface area (Å²) in [6.07, 6.45) is 15.6. The van der Waals surface area contributed by atoms with Gasteiger partial charge in [-0.05, 0) is 68.3 Å². The number of carbonyl (C=O) groups excluding carboxylic acids is 4. The molecule has 6 nitrogen and oxygen atoms in total. The van der Waals surface area contributed by atoms with Crippen LogP contribution < -0.4 is 0 Å². The lowest BCUT2D eigenvalue weighted by Crippen LogP contribution is -2.51. The number of hydrogen-bond donors (Lipinski definition) is 0. The van der Waals surface area contributed by atoms with Gasteiger partial charge in [-0.1, -0.05) is 79.4 Å². The Balaban J connectivity index is 0.000000481. The molecule has 1 aliphatic carbocycles. The first kappa shape index (κ1) is 35.6. The summed E-state index contributed by atoms with van der Waals surface area (Å²) in [5, 5.41) is 0. The predicted molar refractivity (Wildman–Crippen MR) is 177 cm³/mol. The summed E-state index contributed by atoms with van der Waals surface area (Å²) in [5.41, 5.74) is -0.548. The molecule has 2 fully saturated rings. The van der Waals surface area contributed by atoms with Crippen LogP contribution in [-0.2, 0) is 14.3 Å². The highest BCUT2D eigenvalue weighted by molar-refractivity contribution is 9.14. The van der Waals surface area contributed by atoms with Gasteiger partial charge in [0.05, 0.1) is 22.8 Å². The molecule has 224 valence electrons. The molecule has 2 saturated heterocycles. The molecular weight excluding hydrogens is 682 g/mol. The standard InChI is InChI=1S/C24H23NO5S.C7H8Br2.C2H6/c1-6-8-12(3)9-10-15(7-2)25-22(28)17-14(5)30-24(18(17)23(25)29)20(26)16-11-13(4)31-19(16)21(24)27;1-3-4-5-7(9)6(2)8;1-2/h2,9-11,14,17-18H,6,8H2,1,3-5H3;3-5H,1H2,2H3;1-2H3/b12-9+,15-10+;5-4-,7-6-;. The molecule has 4 unspecified atom stereocenters. The van der Waals surface area contributed by atoms with E-state index in [0.29, 0.717) is 4.88 Å². The van der Waals surface area contributed by atoms with Crippen LogP contribution in [0.2, 0.25) is 0 Å². The van der Waals surface area contributed by atoms with Gasteiger partial charge in [0.15, 0.2) is 0 Å². The van der Waals surface area contributed by atoms with Gasteiger partial charge in [0.1, 0.15) is 5.70 Å². The molecule has 0 saturated carbocycles. The summed E-state index contributed by atoms with van der Waals surface area (Å²) < 4.78 is 8.00. The zero-order chi connectivity index (χ0) is 31.9. The van der Waals surface area contributed by atoms with Crippen LogP contribution in [0.15, 0.2) is 63.3 Å². The maximum absolute atomic E-state index is 13.5. The van der Waals surface area contributed by atoms with E-state index in [1.165, 1.54) is 11.3 Å². The lowest BCUT2D eigenvalue weighted by Gasteiger charge is -2.26. The topological polar surface area (TPSA) is 80.8 Å². The Bertz CT molecular complexity index is 1400. The Labute approximate surface area is 269 Å². The number of allylic oxidation sites excluding steroid dienone is 9. The van der Waals surface area contributed by atoms with Crippen LogP contribution in [0.3, 0.4) is 0 Å². The van der Waals surface area contributed by atoms with Gasteiger partial charge in [0.2, 0.25) is 29.0 Å². The summed E-state index contributed by atoms with van der Waals surface area (Å²) in [4.78, 5) is 55.5. The van der Waals surface area contributed by atoms with Crippen molar-refractivity contribution in [2.45, 2.75) is 73.0 Å². The minimum Gasteiger partial charge on any atom is -0.354 e. The maximum atomic E-state index is 13.5. The predicted octanol–water partition coefficient (Wildman–Crippen LogP) is 8.23. The Kier molecular flexibility index (Phi) is 12.9. The molecule has 1 aromatic heterocycles. The first-order valence-electron chi connectivity index (χ1n) is 13.8. The largest absolute Gasteiger partial charge is 0.354 e. The van der Waals surface area contributed by atoms with Gasteiger partial charge in [0.25, 0.3) is 0 Å². The van der Waals surface area contributed by atoms with Crippen molar-refractivity contribution in [2.24, 2.45) is 11.8 Å². The Hall–Kier alpha value is -2.64. The number of thiophene rings is 1. The Morgan fingerprint density at radius 2 is 1.81 bits per heavy atom.